The number of nitrogens with zero attached hydrogens (tertiary/aromatic N) is 3. The molecule has 2 aliphatic rings. The fourth-order valence-corrected chi connectivity index (χ4v) is 3.87. The highest BCUT2D eigenvalue weighted by Crippen LogP contribution is 2.24. The number of hydrogen-bond donors (Lipinski definition) is 2. The first-order valence-corrected chi connectivity index (χ1v) is 9.53. The fourth-order valence-electron chi connectivity index (χ4n) is 3.87. The van der Waals surface area contributed by atoms with E-state index in [-0.39, 0.29) is 18.0 Å². The SMILES string of the molecule is CCCn1ccc(C(=O)N[C@@H]2CCCC[C@@H](N3CCOCC3)[C@@H]2O)n1. The molecular weight excluding hydrogens is 320 g/mol. The topological polar surface area (TPSA) is 79.6 Å². The standard InChI is InChI=1S/C18H30N4O3/c1-2-8-22-9-7-15(20-22)18(24)19-14-5-3-4-6-16(17(14)23)21-10-12-25-13-11-21/h7,9,14,16-17,23H,2-6,8,10-13H2,1H3,(H,19,24)/t14-,16-,17-/m1/s1. The predicted molar refractivity (Wildman–Crippen MR) is 94.4 cm³/mol. The second-order valence-electron chi connectivity index (χ2n) is 7.03. The molecule has 25 heavy (non-hydrogen) atoms. The summed E-state index contributed by atoms with van der Waals surface area (Å²) in [7, 11) is 0. The minimum Gasteiger partial charge on any atom is -0.389 e. The van der Waals surface area contributed by atoms with Crippen LogP contribution in [0.2, 0.25) is 0 Å². The molecule has 0 unspecified atom stereocenters. The van der Waals surface area contributed by atoms with E-state index in [0.29, 0.717) is 5.69 Å². The first-order valence-electron chi connectivity index (χ1n) is 9.53. The van der Waals surface area contributed by atoms with Crippen LogP contribution < -0.4 is 5.32 Å². The van der Waals surface area contributed by atoms with Crippen molar-refractivity contribution in [3.63, 3.8) is 0 Å². The average Bonchev–Trinajstić information content (AvgIpc) is 3.02. The van der Waals surface area contributed by atoms with Gasteiger partial charge in [-0.15, -0.1) is 0 Å². The molecule has 0 bridgehead atoms. The Balaban J connectivity index is 1.63. The van der Waals surface area contributed by atoms with Crippen molar-refractivity contribution in [3.05, 3.63) is 18.0 Å². The molecule has 1 amide bonds. The molecule has 2 fully saturated rings. The summed E-state index contributed by atoms with van der Waals surface area (Å²) in [5, 5.41) is 18.3. The van der Waals surface area contributed by atoms with Gasteiger partial charge in [-0.3, -0.25) is 14.4 Å². The molecule has 3 rings (SSSR count). The summed E-state index contributed by atoms with van der Waals surface area (Å²) < 4.78 is 7.21. The van der Waals surface area contributed by atoms with Crippen molar-refractivity contribution in [2.75, 3.05) is 26.3 Å². The third-order valence-electron chi connectivity index (χ3n) is 5.23. The number of amides is 1. The van der Waals surface area contributed by atoms with Crippen LogP contribution in [0.25, 0.3) is 0 Å². The Kier molecular flexibility index (Phi) is 6.45. The van der Waals surface area contributed by atoms with Crippen LogP contribution in [0.4, 0.5) is 0 Å². The lowest BCUT2D eigenvalue weighted by molar-refractivity contribution is -0.0308. The molecule has 0 spiro atoms. The van der Waals surface area contributed by atoms with Crippen LogP contribution in [-0.4, -0.2) is 70.2 Å². The molecule has 2 N–H and O–H groups in total. The highest BCUT2D eigenvalue weighted by molar-refractivity contribution is 5.92. The van der Waals surface area contributed by atoms with E-state index in [9.17, 15) is 9.90 Å². The molecule has 1 saturated carbocycles. The zero-order valence-corrected chi connectivity index (χ0v) is 15.1. The summed E-state index contributed by atoms with van der Waals surface area (Å²) in [6.45, 7) is 6.02. The summed E-state index contributed by atoms with van der Waals surface area (Å²) in [5.74, 6) is -0.193. The summed E-state index contributed by atoms with van der Waals surface area (Å²) in [5.41, 5.74) is 0.424. The number of aromatic nitrogens is 2. The molecule has 1 saturated heterocycles. The van der Waals surface area contributed by atoms with Crippen molar-refractivity contribution in [3.8, 4) is 0 Å². The smallest absolute Gasteiger partial charge is 0.272 e. The number of carbonyl (C=O) groups is 1. The fraction of sp³-hybridized carbons (Fsp3) is 0.778. The number of hydrogen-bond acceptors (Lipinski definition) is 5. The van der Waals surface area contributed by atoms with Gasteiger partial charge in [-0.2, -0.15) is 5.10 Å². The lowest BCUT2D eigenvalue weighted by Gasteiger charge is -2.38. The third-order valence-corrected chi connectivity index (χ3v) is 5.23. The quantitative estimate of drug-likeness (QED) is 0.776. The zero-order chi connectivity index (χ0) is 17.6. The zero-order valence-electron chi connectivity index (χ0n) is 15.1. The van der Waals surface area contributed by atoms with Crippen molar-refractivity contribution in [1.82, 2.24) is 20.0 Å². The number of ether oxygens (including phenoxy) is 1. The molecule has 1 aromatic rings. The van der Waals surface area contributed by atoms with Gasteiger partial charge in [0.2, 0.25) is 0 Å². The Bertz CT molecular complexity index is 556. The monoisotopic (exact) mass is 350 g/mol. The molecule has 0 aromatic carbocycles. The maximum absolute atomic E-state index is 12.5. The number of nitrogens with one attached hydrogen (secondary N) is 1. The van der Waals surface area contributed by atoms with Gasteiger partial charge in [0, 0.05) is 31.9 Å². The van der Waals surface area contributed by atoms with Crippen molar-refractivity contribution in [2.45, 2.75) is 63.8 Å². The van der Waals surface area contributed by atoms with Crippen molar-refractivity contribution >= 4 is 5.91 Å². The van der Waals surface area contributed by atoms with Crippen molar-refractivity contribution < 1.29 is 14.6 Å². The van der Waals surface area contributed by atoms with Gasteiger partial charge in [0.25, 0.3) is 5.91 Å². The normalized spacial score (nSPS) is 28.5. The second kappa shape index (κ2) is 8.78. The van der Waals surface area contributed by atoms with Crippen LogP contribution in [0.3, 0.4) is 0 Å². The number of carbonyl (C=O) groups excluding carboxylic acids is 1. The molecule has 7 heteroatoms. The Morgan fingerprint density at radius 2 is 2.12 bits per heavy atom. The first kappa shape index (κ1) is 18.4. The van der Waals surface area contributed by atoms with E-state index >= 15 is 0 Å². The molecular formula is C18H30N4O3. The molecule has 2 heterocycles. The van der Waals surface area contributed by atoms with E-state index in [0.717, 1.165) is 65.0 Å². The van der Waals surface area contributed by atoms with Gasteiger partial charge in [-0.1, -0.05) is 19.8 Å². The largest absolute Gasteiger partial charge is 0.389 e. The average molecular weight is 350 g/mol. The summed E-state index contributed by atoms with van der Waals surface area (Å²) >= 11 is 0. The third kappa shape index (κ3) is 4.59. The van der Waals surface area contributed by atoms with Crippen LogP contribution in [0.5, 0.6) is 0 Å². The van der Waals surface area contributed by atoms with Crippen molar-refractivity contribution in [2.24, 2.45) is 0 Å². The molecule has 0 radical (unpaired) electrons. The number of aryl methyl sites for hydroxylation is 1. The van der Waals surface area contributed by atoms with E-state index < -0.39 is 6.10 Å². The second-order valence-corrected chi connectivity index (χ2v) is 7.03. The van der Waals surface area contributed by atoms with E-state index in [4.69, 9.17) is 4.74 Å². The van der Waals surface area contributed by atoms with Gasteiger partial charge in [0.05, 0.1) is 25.4 Å². The van der Waals surface area contributed by atoms with Gasteiger partial charge in [0.15, 0.2) is 0 Å². The van der Waals surface area contributed by atoms with E-state index in [1.807, 2.05) is 6.20 Å². The Labute approximate surface area is 149 Å². The molecule has 1 aliphatic carbocycles. The van der Waals surface area contributed by atoms with E-state index in [1.165, 1.54) is 0 Å². The lowest BCUT2D eigenvalue weighted by Crippen LogP contribution is -2.55. The highest BCUT2D eigenvalue weighted by Gasteiger charge is 2.35. The minimum absolute atomic E-state index is 0.0920. The van der Waals surface area contributed by atoms with Crippen LogP contribution in [0, 0.1) is 0 Å². The lowest BCUT2D eigenvalue weighted by atomic mass is 9.99. The summed E-state index contributed by atoms with van der Waals surface area (Å²) in [6, 6.07) is 1.61. The maximum atomic E-state index is 12.5. The van der Waals surface area contributed by atoms with Gasteiger partial charge in [0.1, 0.15) is 5.69 Å². The molecule has 3 atom stereocenters. The van der Waals surface area contributed by atoms with Crippen molar-refractivity contribution in [1.29, 1.82) is 0 Å². The Hall–Kier alpha value is -1.44. The predicted octanol–water partition coefficient (Wildman–Crippen LogP) is 1.03. The van der Waals surface area contributed by atoms with Gasteiger partial charge in [-0.05, 0) is 25.3 Å². The number of morpholine rings is 1. The van der Waals surface area contributed by atoms with E-state index in [2.05, 4.69) is 22.2 Å². The first-order chi connectivity index (χ1) is 12.2. The number of rotatable bonds is 5. The number of aliphatic hydroxyl groups excluding tert-OH is 1. The molecule has 1 aliphatic heterocycles. The highest BCUT2D eigenvalue weighted by atomic mass is 16.5. The molecule has 7 nitrogen and oxygen atoms in total. The summed E-state index contributed by atoms with van der Waals surface area (Å²) in [6.07, 6.45) is 6.14. The molecule has 140 valence electrons. The Morgan fingerprint density at radius 1 is 1.36 bits per heavy atom. The van der Waals surface area contributed by atoms with Gasteiger partial charge in [-0.25, -0.2) is 0 Å². The maximum Gasteiger partial charge on any atom is 0.272 e. The molecule has 1 aromatic heterocycles. The van der Waals surface area contributed by atoms with Crippen LogP contribution in [-0.2, 0) is 11.3 Å². The minimum atomic E-state index is -0.553. The number of aliphatic hydroxyl groups is 1. The van der Waals surface area contributed by atoms with Crippen LogP contribution in [0.15, 0.2) is 12.3 Å². The van der Waals surface area contributed by atoms with E-state index in [1.54, 1.807) is 10.7 Å². The summed E-state index contributed by atoms with van der Waals surface area (Å²) in [4.78, 5) is 14.9. The van der Waals surface area contributed by atoms with Gasteiger partial charge >= 0.3 is 0 Å². The van der Waals surface area contributed by atoms with Crippen LogP contribution >= 0.6 is 0 Å². The van der Waals surface area contributed by atoms with Crippen LogP contribution in [0.1, 0.15) is 49.5 Å². The Morgan fingerprint density at radius 3 is 2.88 bits per heavy atom. The van der Waals surface area contributed by atoms with Gasteiger partial charge < -0.3 is 15.2 Å².